The van der Waals surface area contributed by atoms with Crippen LogP contribution in [0.3, 0.4) is 0 Å². The van der Waals surface area contributed by atoms with Crippen molar-refractivity contribution < 1.29 is 14.3 Å². The number of nitrogens with one attached hydrogen (secondary N) is 2. The largest absolute Gasteiger partial charge is 0.493 e. The van der Waals surface area contributed by atoms with Crippen molar-refractivity contribution in [2.45, 2.75) is 5.16 Å². The molecule has 0 atom stereocenters. The summed E-state index contributed by atoms with van der Waals surface area (Å²) in [6.45, 7) is 0. The van der Waals surface area contributed by atoms with Gasteiger partial charge in [0.15, 0.2) is 16.7 Å². The van der Waals surface area contributed by atoms with Gasteiger partial charge in [-0.05, 0) is 12.1 Å². The fourth-order valence-electron chi connectivity index (χ4n) is 1.67. The van der Waals surface area contributed by atoms with Gasteiger partial charge in [0.05, 0.1) is 20.0 Å². The maximum atomic E-state index is 11.9. The smallest absolute Gasteiger partial charge is 0.251 e. The van der Waals surface area contributed by atoms with Crippen molar-refractivity contribution in [2.24, 2.45) is 0 Å². The van der Waals surface area contributed by atoms with E-state index in [0.717, 1.165) is 11.8 Å². The zero-order valence-corrected chi connectivity index (χ0v) is 12.9. The molecule has 2 N–H and O–H groups in total. The van der Waals surface area contributed by atoms with Crippen LogP contribution in [0.15, 0.2) is 40.4 Å². The van der Waals surface area contributed by atoms with Gasteiger partial charge in [-0.3, -0.25) is 9.59 Å². The van der Waals surface area contributed by atoms with Crippen molar-refractivity contribution in [2.75, 3.05) is 25.3 Å². The molecular weight excluding hydrogens is 306 g/mol. The minimum atomic E-state index is -0.252. The van der Waals surface area contributed by atoms with Gasteiger partial charge in [0, 0.05) is 24.0 Å². The molecule has 0 aliphatic heterocycles. The number of carbonyl (C=O) groups excluding carboxylic acids is 1. The molecule has 0 saturated heterocycles. The molecule has 0 saturated carbocycles. The molecule has 1 aromatic heterocycles. The van der Waals surface area contributed by atoms with Crippen molar-refractivity contribution in [3.8, 4) is 11.5 Å². The van der Waals surface area contributed by atoms with E-state index in [-0.39, 0.29) is 17.2 Å². The summed E-state index contributed by atoms with van der Waals surface area (Å²) in [6.07, 6.45) is 1.40. The molecule has 2 aromatic rings. The van der Waals surface area contributed by atoms with E-state index in [2.05, 4.69) is 15.3 Å². The first-order chi connectivity index (χ1) is 10.6. The zero-order valence-electron chi connectivity index (χ0n) is 12.1. The third-order valence-corrected chi connectivity index (χ3v) is 3.54. The average molecular weight is 321 g/mol. The molecule has 1 amide bonds. The van der Waals surface area contributed by atoms with Crippen LogP contribution in [0, 0.1) is 0 Å². The molecule has 116 valence electrons. The van der Waals surface area contributed by atoms with Crippen molar-refractivity contribution in [3.05, 3.63) is 40.8 Å². The minimum Gasteiger partial charge on any atom is -0.493 e. The Bertz CT molecular complexity index is 717. The van der Waals surface area contributed by atoms with Gasteiger partial charge in [0.25, 0.3) is 5.56 Å². The van der Waals surface area contributed by atoms with E-state index >= 15 is 0 Å². The number of aromatic amines is 1. The Hall–Kier alpha value is -2.48. The average Bonchev–Trinajstić information content (AvgIpc) is 2.53. The topological polar surface area (TPSA) is 93.3 Å². The molecule has 0 unspecified atom stereocenters. The van der Waals surface area contributed by atoms with Crippen molar-refractivity contribution in [1.29, 1.82) is 0 Å². The van der Waals surface area contributed by atoms with Gasteiger partial charge in [-0.1, -0.05) is 11.8 Å². The van der Waals surface area contributed by atoms with Crippen LogP contribution in [0.1, 0.15) is 0 Å². The second-order valence-electron chi connectivity index (χ2n) is 4.15. The number of rotatable bonds is 6. The normalized spacial score (nSPS) is 10.1. The highest BCUT2D eigenvalue weighted by atomic mass is 32.2. The van der Waals surface area contributed by atoms with Crippen LogP contribution in [0.5, 0.6) is 11.5 Å². The van der Waals surface area contributed by atoms with Crippen LogP contribution in [-0.2, 0) is 4.79 Å². The predicted octanol–water partition coefficient (Wildman–Crippen LogP) is 1.52. The van der Waals surface area contributed by atoms with E-state index in [1.54, 1.807) is 25.3 Å². The molecule has 0 spiro atoms. The maximum Gasteiger partial charge on any atom is 0.251 e. The van der Waals surface area contributed by atoms with Crippen LogP contribution in [0.4, 0.5) is 5.69 Å². The molecule has 0 radical (unpaired) electrons. The van der Waals surface area contributed by atoms with Crippen LogP contribution in [0.25, 0.3) is 0 Å². The van der Waals surface area contributed by atoms with E-state index in [4.69, 9.17) is 9.47 Å². The highest BCUT2D eigenvalue weighted by Gasteiger charge is 2.08. The number of carbonyl (C=O) groups is 1. The number of hydrogen-bond acceptors (Lipinski definition) is 6. The molecule has 0 aliphatic carbocycles. The predicted molar refractivity (Wildman–Crippen MR) is 83.8 cm³/mol. The van der Waals surface area contributed by atoms with E-state index < -0.39 is 0 Å². The molecule has 22 heavy (non-hydrogen) atoms. The second kappa shape index (κ2) is 7.51. The monoisotopic (exact) mass is 321 g/mol. The molecule has 0 bridgehead atoms. The Balaban J connectivity index is 1.96. The first-order valence-corrected chi connectivity index (χ1v) is 7.31. The number of nitrogens with zero attached hydrogens (tertiary/aromatic N) is 1. The van der Waals surface area contributed by atoms with Crippen LogP contribution in [-0.4, -0.2) is 35.8 Å². The highest BCUT2D eigenvalue weighted by Crippen LogP contribution is 2.29. The molecule has 1 heterocycles. The number of thioether (sulfide) groups is 1. The number of anilines is 1. The minimum absolute atomic E-state index is 0.126. The lowest BCUT2D eigenvalue weighted by Crippen LogP contribution is -2.15. The molecule has 0 fully saturated rings. The van der Waals surface area contributed by atoms with E-state index in [1.165, 1.54) is 19.4 Å². The van der Waals surface area contributed by atoms with E-state index in [9.17, 15) is 9.59 Å². The lowest BCUT2D eigenvalue weighted by Gasteiger charge is -2.10. The zero-order chi connectivity index (χ0) is 15.9. The molecule has 8 heteroatoms. The summed E-state index contributed by atoms with van der Waals surface area (Å²) in [5.41, 5.74) is 0.343. The fraction of sp³-hybridized carbons (Fsp3) is 0.214. The Morgan fingerprint density at radius 1 is 1.27 bits per heavy atom. The SMILES string of the molecule is COc1ccc(NC(=O)CSc2nccc(=O)[nH]2)cc1OC. The van der Waals surface area contributed by atoms with Crippen LogP contribution in [0.2, 0.25) is 0 Å². The van der Waals surface area contributed by atoms with Gasteiger partial charge >= 0.3 is 0 Å². The summed E-state index contributed by atoms with van der Waals surface area (Å²) in [5, 5.41) is 3.14. The number of benzene rings is 1. The van der Waals surface area contributed by atoms with Crippen molar-refractivity contribution >= 4 is 23.4 Å². The Morgan fingerprint density at radius 3 is 2.73 bits per heavy atom. The fourth-order valence-corrected chi connectivity index (χ4v) is 2.32. The molecule has 1 aromatic carbocycles. The number of H-pyrrole nitrogens is 1. The summed E-state index contributed by atoms with van der Waals surface area (Å²) in [5.74, 6) is 1.02. The maximum absolute atomic E-state index is 11.9. The highest BCUT2D eigenvalue weighted by molar-refractivity contribution is 7.99. The Kier molecular flexibility index (Phi) is 5.42. The Morgan fingerprint density at radius 2 is 2.05 bits per heavy atom. The molecule has 2 rings (SSSR count). The van der Waals surface area contributed by atoms with Gasteiger partial charge in [-0.25, -0.2) is 4.98 Å². The first kappa shape index (κ1) is 15.9. The number of aromatic nitrogens is 2. The van der Waals surface area contributed by atoms with Crippen LogP contribution >= 0.6 is 11.8 Å². The second-order valence-corrected chi connectivity index (χ2v) is 5.11. The summed E-state index contributed by atoms with van der Waals surface area (Å²) in [7, 11) is 3.07. The van der Waals surface area contributed by atoms with Crippen molar-refractivity contribution in [1.82, 2.24) is 9.97 Å². The summed E-state index contributed by atoms with van der Waals surface area (Å²) in [6, 6.07) is 6.40. The lowest BCUT2D eigenvalue weighted by molar-refractivity contribution is -0.113. The Labute approximate surface area is 131 Å². The number of amides is 1. The molecular formula is C14H15N3O4S. The van der Waals surface area contributed by atoms with Gasteiger partial charge < -0.3 is 19.8 Å². The van der Waals surface area contributed by atoms with Crippen molar-refractivity contribution in [3.63, 3.8) is 0 Å². The van der Waals surface area contributed by atoms with Gasteiger partial charge in [-0.2, -0.15) is 0 Å². The first-order valence-electron chi connectivity index (χ1n) is 6.32. The standard InChI is InChI=1S/C14H15N3O4S/c1-20-10-4-3-9(7-11(10)21-2)16-13(19)8-22-14-15-6-5-12(18)17-14/h3-7H,8H2,1-2H3,(H,16,19)(H,15,17,18). The third kappa shape index (κ3) is 4.26. The molecule has 7 nitrogen and oxygen atoms in total. The molecule has 0 aliphatic rings. The number of hydrogen-bond donors (Lipinski definition) is 2. The summed E-state index contributed by atoms with van der Waals surface area (Å²) >= 11 is 1.14. The summed E-state index contributed by atoms with van der Waals surface area (Å²) < 4.78 is 10.3. The number of methoxy groups -OCH3 is 2. The van der Waals surface area contributed by atoms with Crippen LogP contribution < -0.4 is 20.3 Å². The van der Waals surface area contributed by atoms with E-state index in [0.29, 0.717) is 22.3 Å². The van der Waals surface area contributed by atoms with E-state index in [1.807, 2.05) is 0 Å². The van der Waals surface area contributed by atoms with Gasteiger partial charge in [-0.15, -0.1) is 0 Å². The van der Waals surface area contributed by atoms with Gasteiger partial charge in [0.2, 0.25) is 5.91 Å². The summed E-state index contributed by atoms with van der Waals surface area (Å²) in [4.78, 5) is 29.5. The number of ether oxygens (including phenoxy) is 2. The quantitative estimate of drug-likeness (QED) is 0.619. The third-order valence-electron chi connectivity index (χ3n) is 2.66. The van der Waals surface area contributed by atoms with Gasteiger partial charge in [0.1, 0.15) is 0 Å². The lowest BCUT2D eigenvalue weighted by atomic mass is 10.2.